The van der Waals surface area contributed by atoms with E-state index in [1.54, 1.807) is 6.20 Å². The van der Waals surface area contributed by atoms with Gasteiger partial charge in [0.25, 0.3) is 5.91 Å². The number of hydrogen-bond acceptors (Lipinski definition) is 2. The molecule has 100 valence electrons. The van der Waals surface area contributed by atoms with Crippen LogP contribution < -0.4 is 0 Å². The van der Waals surface area contributed by atoms with E-state index >= 15 is 0 Å². The first kappa shape index (κ1) is 13.1. The molecule has 0 saturated carbocycles. The largest absolute Gasteiger partial charge is 0.337 e. The molecule has 2 rings (SSSR count). The number of H-pyrrole nitrogens is 1. The standard InChI is InChI=1S/C12H10F3N3O/c1-18(6-7-4-16-17-5-7)12(19)11-9(14)2-8(13)3-10(11)15/h2-5H,6H2,1H3,(H,16,17). The molecule has 1 heterocycles. The van der Waals surface area contributed by atoms with Crippen LogP contribution in [0.2, 0.25) is 0 Å². The summed E-state index contributed by atoms with van der Waals surface area (Å²) in [6.07, 6.45) is 3.04. The normalized spacial score (nSPS) is 10.5. The lowest BCUT2D eigenvalue weighted by atomic mass is 10.1. The number of aromatic amines is 1. The molecule has 0 aliphatic heterocycles. The fourth-order valence-electron chi connectivity index (χ4n) is 1.65. The molecule has 0 saturated heterocycles. The lowest BCUT2D eigenvalue weighted by Gasteiger charge is -2.17. The highest BCUT2D eigenvalue weighted by Gasteiger charge is 2.22. The Morgan fingerprint density at radius 3 is 2.47 bits per heavy atom. The van der Waals surface area contributed by atoms with Crippen molar-refractivity contribution in [1.82, 2.24) is 15.1 Å². The number of carbonyl (C=O) groups excluding carboxylic acids is 1. The molecule has 7 heteroatoms. The van der Waals surface area contributed by atoms with Crippen LogP contribution in [0.5, 0.6) is 0 Å². The highest BCUT2D eigenvalue weighted by Crippen LogP contribution is 2.17. The predicted octanol–water partition coefficient (Wildman–Crippen LogP) is 2.10. The fraction of sp³-hybridized carbons (Fsp3) is 0.167. The van der Waals surface area contributed by atoms with Gasteiger partial charge in [0.2, 0.25) is 0 Å². The van der Waals surface area contributed by atoms with Crippen LogP contribution in [0.3, 0.4) is 0 Å². The van der Waals surface area contributed by atoms with Crippen LogP contribution >= 0.6 is 0 Å². The minimum atomic E-state index is -1.22. The summed E-state index contributed by atoms with van der Waals surface area (Å²) in [7, 11) is 1.39. The quantitative estimate of drug-likeness (QED) is 0.927. The average molecular weight is 269 g/mol. The molecule has 19 heavy (non-hydrogen) atoms. The van der Waals surface area contributed by atoms with E-state index in [-0.39, 0.29) is 6.54 Å². The zero-order valence-corrected chi connectivity index (χ0v) is 9.95. The number of nitrogens with one attached hydrogen (secondary N) is 1. The van der Waals surface area contributed by atoms with Gasteiger partial charge < -0.3 is 4.90 Å². The van der Waals surface area contributed by atoms with Crippen LogP contribution in [0.1, 0.15) is 15.9 Å². The van der Waals surface area contributed by atoms with E-state index in [2.05, 4.69) is 10.2 Å². The van der Waals surface area contributed by atoms with Gasteiger partial charge in [-0.1, -0.05) is 0 Å². The highest BCUT2D eigenvalue weighted by atomic mass is 19.1. The first-order chi connectivity index (χ1) is 8.99. The molecule has 0 bridgehead atoms. The molecule has 0 atom stereocenters. The van der Waals surface area contributed by atoms with Crippen molar-refractivity contribution in [1.29, 1.82) is 0 Å². The number of halogens is 3. The molecule has 1 amide bonds. The van der Waals surface area contributed by atoms with Crippen molar-refractivity contribution in [3.63, 3.8) is 0 Å². The van der Waals surface area contributed by atoms with Gasteiger partial charge in [-0.05, 0) is 0 Å². The van der Waals surface area contributed by atoms with Gasteiger partial charge in [0.05, 0.1) is 6.20 Å². The summed E-state index contributed by atoms with van der Waals surface area (Å²) >= 11 is 0. The predicted molar refractivity (Wildman–Crippen MR) is 60.7 cm³/mol. The first-order valence-electron chi connectivity index (χ1n) is 5.36. The second-order valence-corrected chi connectivity index (χ2v) is 4.01. The summed E-state index contributed by atoms with van der Waals surface area (Å²) in [5, 5.41) is 6.25. The summed E-state index contributed by atoms with van der Waals surface area (Å²) in [5.41, 5.74) is -0.0915. The lowest BCUT2D eigenvalue weighted by molar-refractivity contribution is 0.0775. The van der Waals surface area contributed by atoms with Crippen molar-refractivity contribution in [3.05, 3.63) is 53.1 Å². The monoisotopic (exact) mass is 269 g/mol. The Balaban J connectivity index is 2.24. The second-order valence-electron chi connectivity index (χ2n) is 4.01. The Morgan fingerprint density at radius 1 is 1.32 bits per heavy atom. The maximum atomic E-state index is 13.5. The van der Waals surface area contributed by atoms with Crippen molar-refractivity contribution in [3.8, 4) is 0 Å². The number of benzene rings is 1. The molecule has 1 N–H and O–H groups in total. The van der Waals surface area contributed by atoms with E-state index in [0.29, 0.717) is 17.7 Å². The van der Waals surface area contributed by atoms with Crippen LogP contribution in [-0.2, 0) is 6.54 Å². The Bertz CT molecular complexity index is 575. The third-order valence-electron chi connectivity index (χ3n) is 2.54. The zero-order valence-electron chi connectivity index (χ0n) is 9.95. The molecule has 1 aromatic heterocycles. The van der Waals surface area contributed by atoms with Gasteiger partial charge in [-0.3, -0.25) is 9.89 Å². The molecule has 2 aromatic rings. The minimum Gasteiger partial charge on any atom is -0.337 e. The van der Waals surface area contributed by atoms with Gasteiger partial charge >= 0.3 is 0 Å². The van der Waals surface area contributed by atoms with Gasteiger partial charge in [0, 0.05) is 37.5 Å². The fourth-order valence-corrected chi connectivity index (χ4v) is 1.65. The number of amides is 1. The third-order valence-corrected chi connectivity index (χ3v) is 2.54. The van der Waals surface area contributed by atoms with Crippen LogP contribution in [0.15, 0.2) is 24.5 Å². The van der Waals surface area contributed by atoms with Gasteiger partial charge in [-0.2, -0.15) is 5.10 Å². The molecule has 0 fully saturated rings. The number of carbonyl (C=O) groups is 1. The molecular weight excluding hydrogens is 259 g/mol. The molecule has 0 aliphatic rings. The Hall–Kier alpha value is -2.31. The van der Waals surface area contributed by atoms with Crippen molar-refractivity contribution in [2.75, 3.05) is 7.05 Å². The topological polar surface area (TPSA) is 49.0 Å². The third kappa shape index (κ3) is 2.75. The summed E-state index contributed by atoms with van der Waals surface area (Å²) < 4.78 is 39.7. The van der Waals surface area contributed by atoms with Crippen LogP contribution in [0, 0.1) is 17.5 Å². The summed E-state index contributed by atoms with van der Waals surface area (Å²) in [6, 6.07) is 0.948. The maximum Gasteiger partial charge on any atom is 0.259 e. The minimum absolute atomic E-state index is 0.131. The molecule has 0 radical (unpaired) electrons. The van der Waals surface area contributed by atoms with Crippen molar-refractivity contribution < 1.29 is 18.0 Å². The number of rotatable bonds is 3. The second kappa shape index (κ2) is 5.13. The van der Waals surface area contributed by atoms with Crippen LogP contribution in [0.25, 0.3) is 0 Å². The van der Waals surface area contributed by atoms with Crippen molar-refractivity contribution >= 4 is 5.91 Å². The van der Waals surface area contributed by atoms with Crippen molar-refractivity contribution in [2.24, 2.45) is 0 Å². The molecule has 0 unspecified atom stereocenters. The van der Waals surface area contributed by atoms with Gasteiger partial charge in [-0.15, -0.1) is 0 Å². The highest BCUT2D eigenvalue weighted by molar-refractivity contribution is 5.94. The first-order valence-corrected chi connectivity index (χ1v) is 5.36. The Morgan fingerprint density at radius 2 is 1.95 bits per heavy atom. The van der Waals surface area contributed by atoms with E-state index in [1.807, 2.05) is 0 Å². The lowest BCUT2D eigenvalue weighted by Crippen LogP contribution is -2.28. The summed E-state index contributed by atoms with van der Waals surface area (Å²) in [6.45, 7) is 0.131. The van der Waals surface area contributed by atoms with E-state index in [4.69, 9.17) is 0 Å². The zero-order chi connectivity index (χ0) is 14.0. The Labute approximate surface area is 106 Å². The summed E-state index contributed by atoms with van der Waals surface area (Å²) in [5.74, 6) is -4.37. The van der Waals surface area contributed by atoms with E-state index < -0.39 is 28.9 Å². The van der Waals surface area contributed by atoms with Gasteiger partial charge in [0.1, 0.15) is 23.0 Å². The SMILES string of the molecule is CN(Cc1cn[nH]c1)C(=O)c1c(F)cc(F)cc1F. The van der Waals surface area contributed by atoms with Crippen LogP contribution in [0.4, 0.5) is 13.2 Å². The van der Waals surface area contributed by atoms with Gasteiger partial charge in [-0.25, -0.2) is 13.2 Å². The number of nitrogens with zero attached hydrogens (tertiary/aromatic N) is 2. The average Bonchev–Trinajstić information content (AvgIpc) is 2.80. The maximum absolute atomic E-state index is 13.5. The molecule has 1 aromatic carbocycles. The molecule has 0 aliphatic carbocycles. The molecular formula is C12H10F3N3O. The van der Waals surface area contributed by atoms with Crippen molar-refractivity contribution in [2.45, 2.75) is 6.54 Å². The smallest absolute Gasteiger partial charge is 0.259 e. The number of hydrogen-bond donors (Lipinski definition) is 1. The molecule has 4 nitrogen and oxygen atoms in total. The Kier molecular flexibility index (Phi) is 3.55. The van der Waals surface area contributed by atoms with Crippen LogP contribution in [-0.4, -0.2) is 28.1 Å². The van der Waals surface area contributed by atoms with E-state index in [9.17, 15) is 18.0 Å². The number of aromatic nitrogens is 2. The van der Waals surface area contributed by atoms with E-state index in [0.717, 1.165) is 4.90 Å². The molecule has 0 spiro atoms. The van der Waals surface area contributed by atoms with Gasteiger partial charge in [0.15, 0.2) is 0 Å². The summed E-state index contributed by atoms with van der Waals surface area (Å²) in [4.78, 5) is 13.0. The van der Waals surface area contributed by atoms with E-state index in [1.165, 1.54) is 13.2 Å².